The molecule has 3 unspecified atom stereocenters. The lowest BCUT2D eigenvalue weighted by molar-refractivity contribution is -0.0287. The standard InChI is InChI=1S/C31H32F6O3/c1-3-5-19-7-9-23(30(36)28(19)34)25-11-6-18(16-39-25)14-21(32)17-40-27-13-10-22(29(35)31(27)37)20-8-12-26(38-4-2)24(33)15-20/h7-10,12-13,15,18,21,25H,3-6,11,14,16-17H2,1-2H3. The van der Waals surface area contributed by atoms with E-state index < -0.39 is 53.7 Å². The van der Waals surface area contributed by atoms with Crippen LogP contribution in [0.15, 0.2) is 42.5 Å². The summed E-state index contributed by atoms with van der Waals surface area (Å²) in [5.74, 6) is -5.66. The summed E-state index contributed by atoms with van der Waals surface area (Å²) < 4.78 is 103. The number of aryl methyl sites for hydroxylation is 1. The fourth-order valence-electron chi connectivity index (χ4n) is 4.97. The van der Waals surface area contributed by atoms with Gasteiger partial charge < -0.3 is 14.2 Å². The average Bonchev–Trinajstić information content (AvgIpc) is 2.94. The van der Waals surface area contributed by atoms with E-state index in [-0.39, 0.29) is 48.0 Å². The molecule has 0 aromatic heterocycles. The molecule has 1 aliphatic rings. The third-order valence-electron chi connectivity index (χ3n) is 7.03. The van der Waals surface area contributed by atoms with E-state index in [1.54, 1.807) is 19.1 Å². The molecule has 1 heterocycles. The molecule has 4 rings (SSSR count). The van der Waals surface area contributed by atoms with Gasteiger partial charge in [-0.05, 0) is 73.9 Å². The van der Waals surface area contributed by atoms with Crippen LogP contribution in [-0.2, 0) is 11.2 Å². The van der Waals surface area contributed by atoms with E-state index >= 15 is 0 Å². The highest BCUT2D eigenvalue weighted by atomic mass is 19.2. The van der Waals surface area contributed by atoms with Gasteiger partial charge in [-0.25, -0.2) is 22.0 Å². The highest BCUT2D eigenvalue weighted by Crippen LogP contribution is 2.36. The van der Waals surface area contributed by atoms with E-state index in [1.807, 2.05) is 6.92 Å². The highest BCUT2D eigenvalue weighted by Gasteiger charge is 2.29. The molecular weight excluding hydrogens is 534 g/mol. The van der Waals surface area contributed by atoms with Gasteiger partial charge >= 0.3 is 0 Å². The molecule has 3 nitrogen and oxygen atoms in total. The molecule has 3 aromatic rings. The van der Waals surface area contributed by atoms with Gasteiger partial charge in [0, 0.05) is 11.1 Å². The van der Waals surface area contributed by atoms with Crippen LogP contribution in [0.4, 0.5) is 26.3 Å². The Morgan fingerprint density at radius 2 is 1.62 bits per heavy atom. The van der Waals surface area contributed by atoms with E-state index in [0.717, 1.165) is 6.07 Å². The summed E-state index contributed by atoms with van der Waals surface area (Å²) in [6.45, 7) is 3.48. The maximum absolute atomic E-state index is 14.7. The summed E-state index contributed by atoms with van der Waals surface area (Å²) in [4.78, 5) is 0. The summed E-state index contributed by atoms with van der Waals surface area (Å²) in [6.07, 6.45) is 0.00907. The monoisotopic (exact) mass is 566 g/mol. The van der Waals surface area contributed by atoms with Gasteiger partial charge in [-0.1, -0.05) is 31.5 Å². The van der Waals surface area contributed by atoms with Crippen LogP contribution < -0.4 is 9.47 Å². The van der Waals surface area contributed by atoms with E-state index in [9.17, 15) is 26.3 Å². The number of hydrogen-bond donors (Lipinski definition) is 0. The van der Waals surface area contributed by atoms with Crippen molar-refractivity contribution in [3.63, 3.8) is 0 Å². The zero-order valence-electron chi connectivity index (χ0n) is 22.4. The van der Waals surface area contributed by atoms with Crippen LogP contribution in [-0.4, -0.2) is 26.0 Å². The Morgan fingerprint density at radius 1 is 0.850 bits per heavy atom. The van der Waals surface area contributed by atoms with Crippen molar-refractivity contribution >= 4 is 0 Å². The van der Waals surface area contributed by atoms with Crippen LogP contribution in [0, 0.1) is 35.0 Å². The van der Waals surface area contributed by atoms with E-state index in [2.05, 4.69) is 0 Å². The number of ether oxygens (including phenoxy) is 3. The van der Waals surface area contributed by atoms with Crippen LogP contribution in [0.1, 0.15) is 56.8 Å². The molecule has 40 heavy (non-hydrogen) atoms. The summed E-state index contributed by atoms with van der Waals surface area (Å²) in [5.41, 5.74) is 0.426. The second-order valence-electron chi connectivity index (χ2n) is 9.92. The quantitative estimate of drug-likeness (QED) is 0.217. The topological polar surface area (TPSA) is 27.7 Å². The number of halogens is 6. The maximum atomic E-state index is 14.7. The first kappa shape index (κ1) is 29.8. The lowest BCUT2D eigenvalue weighted by Crippen LogP contribution is -2.26. The lowest BCUT2D eigenvalue weighted by atomic mass is 9.90. The van der Waals surface area contributed by atoms with Gasteiger partial charge in [0.25, 0.3) is 0 Å². The normalized spacial score (nSPS) is 18.0. The van der Waals surface area contributed by atoms with Crippen molar-refractivity contribution in [3.8, 4) is 22.6 Å². The van der Waals surface area contributed by atoms with Gasteiger partial charge in [0.05, 0.1) is 19.3 Å². The molecule has 9 heteroatoms. The molecular formula is C31H32F6O3. The van der Waals surface area contributed by atoms with Crippen LogP contribution in [0.5, 0.6) is 11.5 Å². The Kier molecular flexibility index (Phi) is 10.0. The molecule has 3 atom stereocenters. The van der Waals surface area contributed by atoms with E-state index in [4.69, 9.17) is 14.2 Å². The molecule has 0 bridgehead atoms. The lowest BCUT2D eigenvalue weighted by Gasteiger charge is -2.30. The van der Waals surface area contributed by atoms with Crippen LogP contribution in [0.3, 0.4) is 0 Å². The van der Waals surface area contributed by atoms with Crippen LogP contribution >= 0.6 is 0 Å². The average molecular weight is 567 g/mol. The maximum Gasteiger partial charge on any atom is 0.201 e. The summed E-state index contributed by atoms with van der Waals surface area (Å²) in [7, 11) is 0. The molecule has 3 aromatic carbocycles. The molecule has 1 aliphatic heterocycles. The van der Waals surface area contributed by atoms with E-state index in [0.29, 0.717) is 31.2 Å². The van der Waals surface area contributed by atoms with Gasteiger partial charge in [-0.3, -0.25) is 0 Å². The Bertz CT molecular complexity index is 1310. The van der Waals surface area contributed by atoms with Crippen LogP contribution in [0.2, 0.25) is 0 Å². The zero-order chi connectivity index (χ0) is 28.8. The van der Waals surface area contributed by atoms with Crippen molar-refractivity contribution in [2.75, 3.05) is 19.8 Å². The zero-order valence-corrected chi connectivity index (χ0v) is 22.4. The largest absolute Gasteiger partial charge is 0.491 e. The fraction of sp³-hybridized carbons (Fsp3) is 0.419. The molecule has 1 fully saturated rings. The third-order valence-corrected chi connectivity index (χ3v) is 7.03. The third kappa shape index (κ3) is 6.74. The van der Waals surface area contributed by atoms with Gasteiger partial charge in [0.15, 0.2) is 34.8 Å². The summed E-state index contributed by atoms with van der Waals surface area (Å²) in [6, 6.07) is 9.32. The van der Waals surface area contributed by atoms with Crippen molar-refractivity contribution in [1.29, 1.82) is 0 Å². The second-order valence-corrected chi connectivity index (χ2v) is 9.92. The molecule has 216 valence electrons. The van der Waals surface area contributed by atoms with Crippen molar-refractivity contribution < 1.29 is 40.6 Å². The fourth-order valence-corrected chi connectivity index (χ4v) is 4.97. The van der Waals surface area contributed by atoms with Gasteiger partial charge in [0.1, 0.15) is 12.8 Å². The number of alkyl halides is 1. The Hall–Kier alpha value is -3.20. The summed E-state index contributed by atoms with van der Waals surface area (Å²) >= 11 is 0. The Labute approximate surface area is 230 Å². The Balaban J connectivity index is 1.30. The summed E-state index contributed by atoms with van der Waals surface area (Å²) in [5, 5.41) is 0. The van der Waals surface area contributed by atoms with Crippen molar-refractivity contribution in [2.24, 2.45) is 5.92 Å². The smallest absolute Gasteiger partial charge is 0.201 e. The minimum atomic E-state index is -1.49. The van der Waals surface area contributed by atoms with Crippen molar-refractivity contribution in [3.05, 3.63) is 82.7 Å². The highest BCUT2D eigenvalue weighted by molar-refractivity contribution is 5.66. The first-order chi connectivity index (χ1) is 19.2. The first-order valence-electron chi connectivity index (χ1n) is 13.5. The van der Waals surface area contributed by atoms with Gasteiger partial charge in [-0.15, -0.1) is 0 Å². The molecule has 0 amide bonds. The van der Waals surface area contributed by atoms with E-state index in [1.165, 1.54) is 24.3 Å². The minimum Gasteiger partial charge on any atom is -0.491 e. The number of rotatable bonds is 11. The second kappa shape index (κ2) is 13.4. The predicted molar refractivity (Wildman–Crippen MR) is 140 cm³/mol. The van der Waals surface area contributed by atoms with Crippen molar-refractivity contribution in [2.45, 2.75) is 58.2 Å². The molecule has 0 radical (unpaired) electrons. The molecule has 1 saturated heterocycles. The number of benzene rings is 3. The molecule has 0 N–H and O–H groups in total. The van der Waals surface area contributed by atoms with Crippen LogP contribution in [0.25, 0.3) is 11.1 Å². The van der Waals surface area contributed by atoms with Crippen molar-refractivity contribution in [1.82, 2.24) is 0 Å². The molecule has 0 saturated carbocycles. The van der Waals surface area contributed by atoms with Gasteiger partial charge in [0.2, 0.25) is 5.82 Å². The SMILES string of the molecule is CCCc1ccc(C2CCC(CC(F)COc3ccc(-c4ccc(OCC)c(F)c4)c(F)c3F)CO2)c(F)c1F. The van der Waals surface area contributed by atoms with Gasteiger partial charge in [-0.2, -0.15) is 4.39 Å². The molecule has 0 aliphatic carbocycles. The number of hydrogen-bond acceptors (Lipinski definition) is 3. The minimum absolute atomic E-state index is 0.00193. The predicted octanol–water partition coefficient (Wildman–Crippen LogP) is 8.68. The molecule has 0 spiro atoms. The first-order valence-corrected chi connectivity index (χ1v) is 13.5. The Morgan fingerprint density at radius 3 is 2.30 bits per heavy atom.